The van der Waals surface area contributed by atoms with Crippen LogP contribution in [-0.2, 0) is 21.8 Å². The van der Waals surface area contributed by atoms with Crippen LogP contribution in [0.4, 0.5) is 5.13 Å². The number of aryl methyl sites for hydroxylation is 1. The molecule has 8 nitrogen and oxygen atoms in total. The van der Waals surface area contributed by atoms with Crippen molar-refractivity contribution in [3.63, 3.8) is 0 Å². The number of hydrogen-bond donors (Lipinski definition) is 1. The molecule has 2 atom stereocenters. The summed E-state index contributed by atoms with van der Waals surface area (Å²) in [5, 5.41) is 20.3. The van der Waals surface area contributed by atoms with Gasteiger partial charge in [0.15, 0.2) is 4.34 Å². The Labute approximate surface area is 233 Å². The van der Waals surface area contributed by atoms with Crippen molar-refractivity contribution in [2.75, 3.05) is 4.90 Å². The summed E-state index contributed by atoms with van der Waals surface area (Å²) < 4.78 is 6.45. The molecule has 4 aromatic rings. The molecule has 1 saturated heterocycles. The Morgan fingerprint density at radius 2 is 1.87 bits per heavy atom. The molecule has 1 N–H and O–H groups in total. The van der Waals surface area contributed by atoms with Gasteiger partial charge in [-0.05, 0) is 60.9 Å². The van der Waals surface area contributed by atoms with Crippen molar-refractivity contribution in [1.82, 2.24) is 15.2 Å². The Balaban J connectivity index is 1.36. The predicted molar refractivity (Wildman–Crippen MR) is 150 cm³/mol. The van der Waals surface area contributed by atoms with Crippen molar-refractivity contribution in [2.24, 2.45) is 0 Å². The van der Waals surface area contributed by atoms with Crippen LogP contribution in [0.2, 0.25) is 0 Å². The van der Waals surface area contributed by atoms with Crippen LogP contribution < -0.4 is 9.64 Å². The fourth-order valence-electron chi connectivity index (χ4n) is 4.80. The number of anilines is 1. The lowest BCUT2D eigenvalue weighted by Gasteiger charge is -2.22. The van der Waals surface area contributed by atoms with Gasteiger partial charge in [-0.1, -0.05) is 52.9 Å². The van der Waals surface area contributed by atoms with E-state index in [9.17, 15) is 14.7 Å². The van der Waals surface area contributed by atoms with E-state index in [0.29, 0.717) is 32.8 Å². The Morgan fingerprint density at radius 1 is 1.10 bits per heavy atom. The molecule has 2 aromatic carbocycles. The maximum absolute atomic E-state index is 13.4. The number of fused-ring (bicyclic) bond motifs is 1. The van der Waals surface area contributed by atoms with E-state index in [1.807, 2.05) is 19.9 Å². The average Bonchev–Trinajstić information content (AvgIpc) is 3.63. The third kappa shape index (κ3) is 4.81. The molecule has 196 valence electrons. The van der Waals surface area contributed by atoms with E-state index in [1.165, 1.54) is 33.6 Å². The van der Waals surface area contributed by atoms with E-state index >= 15 is 0 Å². The highest BCUT2D eigenvalue weighted by atomic mass is 32.2. The van der Waals surface area contributed by atoms with Gasteiger partial charge in [0.05, 0.1) is 11.6 Å². The molecule has 0 bridgehead atoms. The highest BCUT2D eigenvalue weighted by Gasteiger charge is 2.48. The van der Waals surface area contributed by atoms with Crippen molar-refractivity contribution in [2.45, 2.75) is 42.5 Å². The van der Waals surface area contributed by atoms with Gasteiger partial charge in [0.2, 0.25) is 5.13 Å². The number of ketones is 1. The van der Waals surface area contributed by atoms with Crippen LogP contribution in [0.15, 0.2) is 76.9 Å². The van der Waals surface area contributed by atoms with Gasteiger partial charge in [-0.25, -0.2) is 0 Å². The molecule has 2 aromatic heterocycles. The van der Waals surface area contributed by atoms with Crippen molar-refractivity contribution >= 4 is 45.7 Å². The standard InChI is InChI=1S/C29H24N4O4S2/c1-16-3-5-18(6-4-16)15-38-29-32-31-28(39-29)33-24(19-9-11-30-12-10-19)23(26(35)27(33)36)25(34)20-7-8-22-21(14-20)13-17(2)37-22/h3-12,14,17,24,34H,13,15H2,1-2H3/b25-23+. The highest BCUT2D eigenvalue weighted by Crippen LogP contribution is 2.44. The fraction of sp³-hybridized carbons (Fsp3) is 0.207. The number of nitrogens with zero attached hydrogens (tertiary/aromatic N) is 4. The molecule has 39 heavy (non-hydrogen) atoms. The molecule has 2 aliphatic rings. The number of aromatic nitrogens is 3. The Morgan fingerprint density at radius 3 is 2.64 bits per heavy atom. The zero-order chi connectivity index (χ0) is 27.1. The molecule has 1 amide bonds. The Hall–Kier alpha value is -4.02. The van der Waals surface area contributed by atoms with E-state index < -0.39 is 17.7 Å². The molecule has 1 fully saturated rings. The smallest absolute Gasteiger partial charge is 0.301 e. The second-order valence-electron chi connectivity index (χ2n) is 9.53. The highest BCUT2D eigenvalue weighted by molar-refractivity contribution is 8.00. The maximum atomic E-state index is 13.4. The van der Waals surface area contributed by atoms with E-state index in [2.05, 4.69) is 39.4 Å². The molecule has 4 heterocycles. The van der Waals surface area contributed by atoms with Crippen LogP contribution in [0.1, 0.15) is 40.8 Å². The molecular weight excluding hydrogens is 532 g/mol. The van der Waals surface area contributed by atoms with Crippen LogP contribution >= 0.6 is 23.1 Å². The largest absolute Gasteiger partial charge is 0.507 e. The number of pyridine rings is 1. The van der Waals surface area contributed by atoms with E-state index in [1.54, 1.807) is 36.7 Å². The summed E-state index contributed by atoms with van der Waals surface area (Å²) in [5.41, 5.74) is 4.37. The normalized spacial score (nSPS) is 19.8. The second kappa shape index (κ2) is 10.3. The van der Waals surface area contributed by atoms with Gasteiger partial charge in [-0.15, -0.1) is 10.2 Å². The predicted octanol–water partition coefficient (Wildman–Crippen LogP) is 5.48. The lowest BCUT2D eigenvalue weighted by Crippen LogP contribution is -2.29. The monoisotopic (exact) mass is 556 g/mol. The number of thioether (sulfide) groups is 1. The summed E-state index contributed by atoms with van der Waals surface area (Å²) in [5.74, 6) is -0.318. The summed E-state index contributed by atoms with van der Waals surface area (Å²) in [4.78, 5) is 32.2. The quantitative estimate of drug-likeness (QED) is 0.109. The number of carbonyl (C=O) groups is 2. The van der Waals surface area contributed by atoms with Crippen LogP contribution in [0, 0.1) is 6.92 Å². The summed E-state index contributed by atoms with van der Waals surface area (Å²) in [6, 6.07) is 16.1. The van der Waals surface area contributed by atoms with E-state index in [-0.39, 0.29) is 17.4 Å². The molecule has 10 heteroatoms. The van der Waals surface area contributed by atoms with Crippen molar-refractivity contribution in [3.05, 3.63) is 100 Å². The SMILES string of the molecule is Cc1ccc(CSc2nnc(N3C(=O)C(=O)/C(=C(/O)c4ccc5c(c4)CC(C)O5)C3c3ccncc3)s2)cc1. The van der Waals surface area contributed by atoms with Gasteiger partial charge < -0.3 is 9.84 Å². The van der Waals surface area contributed by atoms with E-state index in [0.717, 1.165) is 16.9 Å². The van der Waals surface area contributed by atoms with Crippen molar-refractivity contribution in [3.8, 4) is 5.75 Å². The maximum Gasteiger partial charge on any atom is 0.301 e. The minimum Gasteiger partial charge on any atom is -0.507 e. The van der Waals surface area contributed by atoms with Crippen molar-refractivity contribution < 1.29 is 19.4 Å². The Kier molecular flexibility index (Phi) is 6.66. The fourth-order valence-corrected chi connectivity index (χ4v) is 6.63. The number of hydrogen-bond acceptors (Lipinski definition) is 9. The zero-order valence-electron chi connectivity index (χ0n) is 21.2. The third-order valence-electron chi connectivity index (χ3n) is 6.72. The Bertz CT molecular complexity index is 1600. The number of aliphatic hydroxyl groups is 1. The van der Waals surface area contributed by atoms with Gasteiger partial charge in [0, 0.05) is 30.1 Å². The van der Waals surface area contributed by atoms with Crippen LogP contribution in [0.3, 0.4) is 0 Å². The van der Waals surface area contributed by atoms with Gasteiger partial charge >= 0.3 is 5.91 Å². The van der Waals surface area contributed by atoms with Gasteiger partial charge in [-0.3, -0.25) is 19.5 Å². The molecule has 2 aliphatic heterocycles. The minimum absolute atomic E-state index is 0.00201. The van der Waals surface area contributed by atoms with Gasteiger partial charge in [-0.2, -0.15) is 0 Å². The lowest BCUT2D eigenvalue weighted by atomic mass is 9.95. The molecular formula is C29H24N4O4S2. The summed E-state index contributed by atoms with van der Waals surface area (Å²) >= 11 is 2.75. The lowest BCUT2D eigenvalue weighted by molar-refractivity contribution is -0.132. The summed E-state index contributed by atoms with van der Waals surface area (Å²) in [6.45, 7) is 4.02. The zero-order valence-corrected chi connectivity index (χ0v) is 22.8. The first-order valence-corrected chi connectivity index (χ1v) is 14.2. The first-order chi connectivity index (χ1) is 18.9. The molecule has 0 saturated carbocycles. The molecule has 0 radical (unpaired) electrons. The third-order valence-corrected chi connectivity index (χ3v) is 8.85. The minimum atomic E-state index is -0.876. The number of carbonyl (C=O) groups excluding carboxylic acids is 2. The summed E-state index contributed by atoms with van der Waals surface area (Å²) in [7, 11) is 0. The summed E-state index contributed by atoms with van der Waals surface area (Å²) in [6.07, 6.45) is 3.92. The molecule has 2 unspecified atom stereocenters. The first-order valence-electron chi connectivity index (χ1n) is 12.4. The van der Waals surface area contributed by atoms with Gasteiger partial charge in [0.25, 0.3) is 5.78 Å². The number of rotatable bonds is 6. The van der Waals surface area contributed by atoms with Gasteiger partial charge in [0.1, 0.15) is 17.6 Å². The van der Waals surface area contributed by atoms with Crippen molar-refractivity contribution in [1.29, 1.82) is 0 Å². The number of Topliss-reactive ketones (excluding diaryl/α,β-unsaturated/α-hetero) is 1. The van der Waals surface area contributed by atoms with Crippen LogP contribution in [0.25, 0.3) is 5.76 Å². The average molecular weight is 557 g/mol. The topological polar surface area (TPSA) is 106 Å². The molecule has 0 spiro atoms. The molecule has 6 rings (SSSR count). The number of benzene rings is 2. The van der Waals surface area contributed by atoms with E-state index in [4.69, 9.17) is 4.74 Å². The number of ether oxygens (including phenoxy) is 1. The number of aliphatic hydroxyl groups excluding tert-OH is 1. The number of amides is 1. The second-order valence-corrected chi connectivity index (χ2v) is 11.7. The molecule has 0 aliphatic carbocycles. The van der Waals surface area contributed by atoms with Crippen LogP contribution in [-0.4, -0.2) is 38.1 Å². The first kappa shape index (κ1) is 25.3. The van der Waals surface area contributed by atoms with Crippen LogP contribution in [0.5, 0.6) is 5.75 Å².